The number of hydrogen-bond acceptors (Lipinski definition) is 4. The molecule has 2 aromatic rings. The normalized spacial score (nSPS) is 17.6. The van der Waals surface area contributed by atoms with Crippen LogP contribution in [-0.2, 0) is 22.7 Å². The van der Waals surface area contributed by atoms with Gasteiger partial charge in [0.25, 0.3) is 0 Å². The van der Waals surface area contributed by atoms with Gasteiger partial charge in [-0.15, -0.1) is 0 Å². The highest BCUT2D eigenvalue weighted by atomic mass is 35.5. The van der Waals surface area contributed by atoms with E-state index in [1.807, 2.05) is 4.90 Å². The fourth-order valence-corrected chi connectivity index (χ4v) is 3.31. The zero-order valence-corrected chi connectivity index (χ0v) is 15.7. The van der Waals surface area contributed by atoms with Gasteiger partial charge in [0.05, 0.1) is 24.7 Å². The molecule has 0 spiro atoms. The minimum Gasteiger partial charge on any atom is -0.353 e. The van der Waals surface area contributed by atoms with Crippen LogP contribution in [0.15, 0.2) is 30.5 Å². The average molecular weight is 394 g/mol. The molecule has 144 valence electrons. The lowest BCUT2D eigenvalue weighted by Crippen LogP contribution is -2.56. The van der Waals surface area contributed by atoms with Crippen LogP contribution in [0.2, 0.25) is 5.02 Å². The van der Waals surface area contributed by atoms with Crippen LogP contribution in [0.3, 0.4) is 0 Å². The van der Waals surface area contributed by atoms with E-state index in [2.05, 4.69) is 15.5 Å². The van der Waals surface area contributed by atoms with Gasteiger partial charge in [0.2, 0.25) is 11.8 Å². The van der Waals surface area contributed by atoms with Gasteiger partial charge in [0, 0.05) is 37.9 Å². The number of benzene rings is 1. The number of hydrogen-bond donors (Lipinski definition) is 2. The van der Waals surface area contributed by atoms with Gasteiger partial charge in [-0.1, -0.05) is 17.7 Å². The van der Waals surface area contributed by atoms with E-state index in [4.69, 9.17) is 11.6 Å². The largest absolute Gasteiger partial charge is 0.353 e. The summed E-state index contributed by atoms with van der Waals surface area (Å²) in [5.74, 6) is -0.753. The summed E-state index contributed by atoms with van der Waals surface area (Å²) in [6, 6.07) is 5.38. The number of amides is 2. The minimum atomic E-state index is -0.600. The average Bonchev–Trinajstić information content (AvgIpc) is 3.13. The van der Waals surface area contributed by atoms with Gasteiger partial charge in [-0.25, -0.2) is 4.39 Å². The lowest BCUT2D eigenvalue weighted by molar-refractivity contribution is -0.138. The molecule has 1 aromatic heterocycles. The Morgan fingerprint density at radius 3 is 2.96 bits per heavy atom. The molecule has 1 aromatic carbocycles. The number of carbonyl (C=O) groups excluding carboxylic acids is 2. The monoisotopic (exact) mass is 393 g/mol. The third kappa shape index (κ3) is 4.84. The standard InChI is InChI=1S/C18H21ClFN5O2/c1-24(11-14-4-5-22-23-14)17(26)9-16-18(27)21-6-7-25(16)10-12-2-3-13(20)8-15(12)19/h2-5,8,16H,6-7,9-11H2,1H3,(H,21,27)(H,22,23). The molecule has 3 rings (SSSR count). The van der Waals surface area contributed by atoms with Gasteiger partial charge in [-0.3, -0.25) is 19.6 Å². The second-order valence-electron chi connectivity index (χ2n) is 6.55. The number of aromatic nitrogens is 2. The van der Waals surface area contributed by atoms with Gasteiger partial charge in [-0.2, -0.15) is 5.10 Å². The van der Waals surface area contributed by atoms with Crippen LogP contribution in [0.5, 0.6) is 0 Å². The molecule has 1 aliphatic heterocycles. The minimum absolute atomic E-state index is 0.0509. The van der Waals surface area contributed by atoms with E-state index in [1.165, 1.54) is 12.1 Å². The van der Waals surface area contributed by atoms with E-state index in [1.54, 1.807) is 30.3 Å². The second kappa shape index (κ2) is 8.49. The summed E-state index contributed by atoms with van der Waals surface area (Å²) in [4.78, 5) is 28.4. The molecular formula is C18H21ClFN5O2. The SMILES string of the molecule is CN(Cc1ccn[nH]1)C(=O)CC1C(=O)NCCN1Cc1ccc(F)cc1Cl. The maximum Gasteiger partial charge on any atom is 0.237 e. The molecule has 2 amide bonds. The lowest BCUT2D eigenvalue weighted by atomic mass is 10.1. The number of carbonyl (C=O) groups is 2. The number of nitrogens with one attached hydrogen (secondary N) is 2. The number of aromatic amines is 1. The molecule has 1 saturated heterocycles. The molecule has 1 aliphatic rings. The summed E-state index contributed by atoms with van der Waals surface area (Å²) in [5.41, 5.74) is 1.53. The van der Waals surface area contributed by atoms with E-state index >= 15 is 0 Å². The van der Waals surface area contributed by atoms with Gasteiger partial charge in [-0.05, 0) is 23.8 Å². The Morgan fingerprint density at radius 1 is 1.44 bits per heavy atom. The summed E-state index contributed by atoms with van der Waals surface area (Å²) in [6.07, 6.45) is 1.67. The molecule has 9 heteroatoms. The maximum absolute atomic E-state index is 13.3. The van der Waals surface area contributed by atoms with Crippen LogP contribution < -0.4 is 5.32 Å². The van der Waals surface area contributed by atoms with E-state index in [0.29, 0.717) is 31.2 Å². The summed E-state index contributed by atoms with van der Waals surface area (Å²) >= 11 is 6.12. The first-order valence-electron chi connectivity index (χ1n) is 8.62. The van der Waals surface area contributed by atoms with Crippen molar-refractivity contribution in [3.8, 4) is 0 Å². The van der Waals surface area contributed by atoms with Crippen molar-refractivity contribution in [1.29, 1.82) is 0 Å². The van der Waals surface area contributed by atoms with Crippen molar-refractivity contribution in [3.05, 3.63) is 52.6 Å². The number of halogens is 2. The maximum atomic E-state index is 13.3. The molecule has 1 atom stereocenters. The molecule has 0 saturated carbocycles. The first-order valence-corrected chi connectivity index (χ1v) is 8.99. The van der Waals surface area contributed by atoms with Gasteiger partial charge in [0.15, 0.2) is 0 Å². The molecule has 27 heavy (non-hydrogen) atoms. The summed E-state index contributed by atoms with van der Waals surface area (Å²) < 4.78 is 13.3. The number of nitrogens with zero attached hydrogens (tertiary/aromatic N) is 3. The molecular weight excluding hydrogens is 373 g/mol. The smallest absolute Gasteiger partial charge is 0.237 e. The molecule has 2 N–H and O–H groups in total. The highest BCUT2D eigenvalue weighted by Gasteiger charge is 2.32. The Morgan fingerprint density at radius 2 is 2.26 bits per heavy atom. The van der Waals surface area contributed by atoms with Gasteiger partial charge < -0.3 is 10.2 Å². The molecule has 0 bridgehead atoms. The molecule has 1 fully saturated rings. The van der Waals surface area contributed by atoms with Crippen molar-refractivity contribution in [3.63, 3.8) is 0 Å². The van der Waals surface area contributed by atoms with Crippen LogP contribution in [-0.4, -0.2) is 58.0 Å². The van der Waals surface area contributed by atoms with E-state index in [-0.39, 0.29) is 18.2 Å². The summed E-state index contributed by atoms with van der Waals surface area (Å²) in [5, 5.41) is 9.78. The van der Waals surface area contributed by atoms with E-state index < -0.39 is 11.9 Å². The molecule has 1 unspecified atom stereocenters. The first-order chi connectivity index (χ1) is 12.9. The fraction of sp³-hybridized carbons (Fsp3) is 0.389. The van der Waals surface area contributed by atoms with Crippen LogP contribution in [0.25, 0.3) is 0 Å². The van der Waals surface area contributed by atoms with Crippen LogP contribution in [0, 0.1) is 5.82 Å². The zero-order valence-electron chi connectivity index (χ0n) is 14.9. The highest BCUT2D eigenvalue weighted by molar-refractivity contribution is 6.31. The zero-order chi connectivity index (χ0) is 19.4. The van der Waals surface area contributed by atoms with Crippen molar-refractivity contribution in [1.82, 2.24) is 25.3 Å². The fourth-order valence-electron chi connectivity index (χ4n) is 3.08. The van der Waals surface area contributed by atoms with Gasteiger partial charge >= 0.3 is 0 Å². The predicted molar refractivity (Wildman–Crippen MR) is 98.3 cm³/mol. The quantitative estimate of drug-likeness (QED) is 0.780. The van der Waals surface area contributed by atoms with Gasteiger partial charge in [0.1, 0.15) is 5.82 Å². The lowest BCUT2D eigenvalue weighted by Gasteiger charge is -2.35. The van der Waals surface area contributed by atoms with Crippen LogP contribution in [0.1, 0.15) is 17.7 Å². The van der Waals surface area contributed by atoms with Crippen molar-refractivity contribution >= 4 is 23.4 Å². The highest BCUT2D eigenvalue weighted by Crippen LogP contribution is 2.22. The third-order valence-corrected chi connectivity index (χ3v) is 4.94. The number of rotatable bonds is 6. The Balaban J connectivity index is 1.68. The van der Waals surface area contributed by atoms with Crippen molar-refractivity contribution in [2.75, 3.05) is 20.1 Å². The van der Waals surface area contributed by atoms with Crippen LogP contribution >= 0.6 is 11.6 Å². The van der Waals surface area contributed by atoms with E-state index in [9.17, 15) is 14.0 Å². The second-order valence-corrected chi connectivity index (χ2v) is 6.96. The topological polar surface area (TPSA) is 81.3 Å². The van der Waals surface area contributed by atoms with E-state index in [0.717, 1.165) is 11.3 Å². The Hall–Kier alpha value is -2.45. The Labute approximate surface area is 161 Å². The number of piperazine rings is 1. The van der Waals surface area contributed by atoms with Crippen LogP contribution in [0.4, 0.5) is 4.39 Å². The molecule has 7 nitrogen and oxygen atoms in total. The third-order valence-electron chi connectivity index (χ3n) is 4.59. The van der Waals surface area contributed by atoms with Crippen molar-refractivity contribution < 1.29 is 14.0 Å². The number of H-pyrrole nitrogens is 1. The molecule has 0 radical (unpaired) electrons. The summed E-state index contributed by atoms with van der Waals surface area (Å²) in [6.45, 7) is 1.83. The first kappa shape index (κ1) is 19.3. The Bertz CT molecular complexity index is 814. The van der Waals surface area contributed by atoms with Crippen molar-refractivity contribution in [2.45, 2.75) is 25.6 Å². The molecule has 0 aliphatic carbocycles. The summed E-state index contributed by atoms with van der Waals surface area (Å²) in [7, 11) is 1.69. The Kier molecular flexibility index (Phi) is 6.08. The molecule has 2 heterocycles. The predicted octanol–water partition coefficient (Wildman–Crippen LogP) is 1.55. The van der Waals surface area contributed by atoms with Crippen molar-refractivity contribution in [2.24, 2.45) is 0 Å².